The highest BCUT2D eigenvalue weighted by molar-refractivity contribution is 6.30. The summed E-state index contributed by atoms with van der Waals surface area (Å²) in [5.41, 5.74) is 2.85. The number of hydrogen-bond donors (Lipinski definition) is 3. The predicted molar refractivity (Wildman–Crippen MR) is 91.3 cm³/mol. The minimum atomic E-state index is -0.756. The van der Waals surface area contributed by atoms with Crippen molar-refractivity contribution in [3.05, 3.63) is 41.0 Å². The van der Waals surface area contributed by atoms with Crippen LogP contribution in [0, 0.1) is 11.8 Å². The number of rotatable bonds is 8. The van der Waals surface area contributed by atoms with Crippen molar-refractivity contribution in [3.8, 4) is 11.3 Å². The molecule has 0 bridgehead atoms. The maximum absolute atomic E-state index is 11.3. The number of carbonyl (C=O) groups is 1. The molecule has 1 heterocycles. The Morgan fingerprint density at radius 1 is 1.43 bits per heavy atom. The van der Waals surface area contributed by atoms with Crippen LogP contribution in [0.5, 0.6) is 0 Å². The molecule has 0 saturated heterocycles. The maximum atomic E-state index is 11.3. The Morgan fingerprint density at radius 2 is 2.22 bits per heavy atom. The normalized spacial score (nSPS) is 12.5. The Morgan fingerprint density at radius 3 is 2.87 bits per heavy atom. The molecule has 0 saturated carbocycles. The Balaban J connectivity index is 1.99. The number of hydrogen-bond acceptors (Lipinski definition) is 3. The van der Waals surface area contributed by atoms with E-state index in [0.717, 1.165) is 16.8 Å². The van der Waals surface area contributed by atoms with Crippen molar-refractivity contribution >= 4 is 17.6 Å². The van der Waals surface area contributed by atoms with Gasteiger partial charge in [-0.05, 0) is 24.5 Å². The number of halogens is 1. The molecule has 0 fully saturated rings. The molecule has 1 atom stereocenters. The van der Waals surface area contributed by atoms with Crippen LogP contribution in [0.1, 0.15) is 25.8 Å². The quantitative estimate of drug-likeness (QED) is 0.689. The highest BCUT2D eigenvalue weighted by Crippen LogP contribution is 2.24. The van der Waals surface area contributed by atoms with Gasteiger partial charge in [0.05, 0.1) is 17.8 Å². The summed E-state index contributed by atoms with van der Waals surface area (Å²) < 4.78 is 0. The van der Waals surface area contributed by atoms with Gasteiger partial charge in [-0.15, -0.1) is 0 Å². The number of nitrogens with zero attached hydrogens (tertiary/aromatic N) is 1. The minimum Gasteiger partial charge on any atom is -0.481 e. The lowest BCUT2D eigenvalue weighted by atomic mass is 9.97. The number of carboxylic acids is 1. The van der Waals surface area contributed by atoms with Crippen molar-refractivity contribution < 1.29 is 9.90 Å². The molecule has 2 rings (SSSR count). The summed E-state index contributed by atoms with van der Waals surface area (Å²) in [5.74, 6) is -0.779. The maximum Gasteiger partial charge on any atom is 0.307 e. The van der Waals surface area contributed by atoms with E-state index in [-0.39, 0.29) is 5.92 Å². The van der Waals surface area contributed by atoms with Crippen LogP contribution >= 0.6 is 11.6 Å². The number of carboxylic acid groups (broad SMARTS) is 1. The lowest BCUT2D eigenvalue weighted by molar-refractivity contribution is -0.142. The molecule has 124 valence electrons. The second-order valence-corrected chi connectivity index (χ2v) is 6.51. The van der Waals surface area contributed by atoms with Crippen LogP contribution in [0.25, 0.3) is 11.3 Å². The topological polar surface area (TPSA) is 78.0 Å². The first-order chi connectivity index (χ1) is 11.0. The summed E-state index contributed by atoms with van der Waals surface area (Å²) in [6, 6.07) is 7.54. The molecule has 6 heteroatoms. The SMILES string of the molecule is CC(C)CC(CNCc1cn[nH]c1-c1cccc(Cl)c1)C(=O)O. The third-order valence-electron chi connectivity index (χ3n) is 3.64. The lowest BCUT2D eigenvalue weighted by Gasteiger charge is -2.15. The fourth-order valence-corrected chi connectivity index (χ4v) is 2.75. The van der Waals surface area contributed by atoms with Crippen LogP contribution in [0.15, 0.2) is 30.5 Å². The van der Waals surface area contributed by atoms with Gasteiger partial charge in [0.1, 0.15) is 0 Å². The van der Waals surface area contributed by atoms with Crippen LogP contribution in [0.3, 0.4) is 0 Å². The first-order valence-corrected chi connectivity index (χ1v) is 8.07. The summed E-state index contributed by atoms with van der Waals surface area (Å²) in [4.78, 5) is 11.3. The minimum absolute atomic E-state index is 0.355. The van der Waals surface area contributed by atoms with Gasteiger partial charge in [-0.2, -0.15) is 5.10 Å². The van der Waals surface area contributed by atoms with Crippen LogP contribution in [-0.4, -0.2) is 27.8 Å². The average Bonchev–Trinajstić information content (AvgIpc) is 2.94. The van der Waals surface area contributed by atoms with Gasteiger partial charge in [0, 0.05) is 29.2 Å². The van der Waals surface area contributed by atoms with E-state index in [1.165, 1.54) is 0 Å². The van der Waals surface area contributed by atoms with Gasteiger partial charge in [0.15, 0.2) is 0 Å². The van der Waals surface area contributed by atoms with Gasteiger partial charge in [-0.25, -0.2) is 0 Å². The standard InChI is InChI=1S/C17H22ClN3O2/c1-11(2)6-13(17(22)23)8-19-9-14-10-20-21-16(14)12-4-3-5-15(18)7-12/h3-5,7,10-11,13,19H,6,8-9H2,1-2H3,(H,20,21)(H,22,23). The molecule has 5 nitrogen and oxygen atoms in total. The largest absolute Gasteiger partial charge is 0.481 e. The van der Waals surface area contributed by atoms with Crippen molar-refractivity contribution in [2.24, 2.45) is 11.8 Å². The number of H-pyrrole nitrogens is 1. The summed E-state index contributed by atoms with van der Waals surface area (Å²) >= 11 is 6.03. The van der Waals surface area contributed by atoms with Crippen molar-refractivity contribution in [1.29, 1.82) is 0 Å². The second-order valence-electron chi connectivity index (χ2n) is 6.08. The average molecular weight is 336 g/mol. The molecule has 0 spiro atoms. The van der Waals surface area contributed by atoms with Gasteiger partial charge >= 0.3 is 5.97 Å². The van der Waals surface area contributed by atoms with Crippen LogP contribution in [-0.2, 0) is 11.3 Å². The van der Waals surface area contributed by atoms with E-state index in [0.29, 0.717) is 30.5 Å². The van der Waals surface area contributed by atoms with Crippen LogP contribution < -0.4 is 5.32 Å². The van der Waals surface area contributed by atoms with Gasteiger partial charge in [-0.3, -0.25) is 9.89 Å². The van der Waals surface area contributed by atoms with E-state index < -0.39 is 5.97 Å². The lowest BCUT2D eigenvalue weighted by Crippen LogP contribution is -2.29. The molecule has 1 aromatic heterocycles. The van der Waals surface area contributed by atoms with Gasteiger partial charge in [-0.1, -0.05) is 37.6 Å². The third kappa shape index (κ3) is 5.08. The highest BCUT2D eigenvalue weighted by Gasteiger charge is 2.18. The zero-order valence-corrected chi connectivity index (χ0v) is 14.1. The molecular weight excluding hydrogens is 314 g/mol. The van der Waals surface area contributed by atoms with E-state index >= 15 is 0 Å². The molecule has 0 radical (unpaired) electrons. The Hall–Kier alpha value is -1.85. The monoisotopic (exact) mass is 335 g/mol. The molecule has 1 aromatic carbocycles. The van der Waals surface area contributed by atoms with Crippen LogP contribution in [0.4, 0.5) is 0 Å². The number of aromatic nitrogens is 2. The molecule has 23 heavy (non-hydrogen) atoms. The smallest absolute Gasteiger partial charge is 0.307 e. The van der Waals surface area contributed by atoms with Crippen molar-refractivity contribution in [2.75, 3.05) is 6.54 Å². The fourth-order valence-electron chi connectivity index (χ4n) is 2.56. The van der Waals surface area contributed by atoms with Crippen molar-refractivity contribution in [3.63, 3.8) is 0 Å². The summed E-state index contributed by atoms with van der Waals surface area (Å²) in [6.45, 7) is 5.06. The van der Waals surface area contributed by atoms with Crippen molar-refractivity contribution in [2.45, 2.75) is 26.8 Å². The number of nitrogens with one attached hydrogen (secondary N) is 2. The molecular formula is C17H22ClN3O2. The molecule has 0 aliphatic heterocycles. The number of aromatic amines is 1. The van der Waals surface area contributed by atoms with Crippen molar-refractivity contribution in [1.82, 2.24) is 15.5 Å². The van der Waals surface area contributed by atoms with Crippen LogP contribution in [0.2, 0.25) is 5.02 Å². The van der Waals surface area contributed by atoms with E-state index in [1.807, 2.05) is 38.1 Å². The molecule has 0 aliphatic carbocycles. The first-order valence-electron chi connectivity index (χ1n) is 7.69. The first kappa shape index (κ1) is 17.5. The fraction of sp³-hybridized carbons (Fsp3) is 0.412. The van der Waals surface area contributed by atoms with E-state index in [1.54, 1.807) is 6.20 Å². The Bertz CT molecular complexity index is 655. The summed E-state index contributed by atoms with van der Waals surface area (Å²) in [7, 11) is 0. The molecule has 1 unspecified atom stereocenters. The zero-order valence-electron chi connectivity index (χ0n) is 13.3. The van der Waals surface area contributed by atoms with E-state index in [9.17, 15) is 9.90 Å². The number of benzene rings is 1. The van der Waals surface area contributed by atoms with Gasteiger partial charge < -0.3 is 10.4 Å². The van der Waals surface area contributed by atoms with E-state index in [2.05, 4.69) is 15.5 Å². The molecule has 2 aromatic rings. The Kier molecular flexibility index (Phi) is 6.19. The second kappa shape index (κ2) is 8.13. The van der Waals surface area contributed by atoms with E-state index in [4.69, 9.17) is 11.6 Å². The Labute approximate surface area is 141 Å². The molecule has 0 amide bonds. The van der Waals surface area contributed by atoms with Gasteiger partial charge in [0.2, 0.25) is 0 Å². The molecule has 3 N–H and O–H groups in total. The number of aliphatic carboxylic acids is 1. The third-order valence-corrected chi connectivity index (χ3v) is 3.88. The summed E-state index contributed by atoms with van der Waals surface area (Å²) in [6.07, 6.45) is 2.41. The molecule has 0 aliphatic rings. The predicted octanol–water partition coefficient (Wildman–Crippen LogP) is 3.57. The summed E-state index contributed by atoms with van der Waals surface area (Å²) in [5, 5.41) is 20.2. The van der Waals surface area contributed by atoms with Gasteiger partial charge in [0.25, 0.3) is 0 Å². The highest BCUT2D eigenvalue weighted by atomic mass is 35.5. The zero-order chi connectivity index (χ0) is 16.8.